The second-order valence-corrected chi connectivity index (χ2v) is 20.6. The van der Waals surface area contributed by atoms with Crippen LogP contribution < -0.4 is 24.8 Å². The summed E-state index contributed by atoms with van der Waals surface area (Å²) in [7, 11) is -2.59. The van der Waals surface area contributed by atoms with Crippen molar-refractivity contribution in [3.63, 3.8) is 0 Å². The van der Waals surface area contributed by atoms with Crippen molar-refractivity contribution < 1.29 is 50.6 Å². The van der Waals surface area contributed by atoms with Crippen molar-refractivity contribution in [1.29, 1.82) is 0 Å². The van der Waals surface area contributed by atoms with Crippen LogP contribution in [0.5, 0.6) is 11.6 Å². The molecule has 3 N–H and O–H groups in total. The number of aromatic nitrogens is 2. The Balaban J connectivity index is 1.29. The zero-order chi connectivity index (χ0) is 42.9. The summed E-state index contributed by atoms with van der Waals surface area (Å²) in [5.74, 6) is -7.03. The molecule has 59 heavy (non-hydrogen) atoms. The van der Waals surface area contributed by atoms with Crippen LogP contribution in [0.25, 0.3) is 11.0 Å². The van der Waals surface area contributed by atoms with Crippen LogP contribution in [0.4, 0.5) is 13.6 Å². The van der Waals surface area contributed by atoms with Gasteiger partial charge < -0.3 is 29.7 Å². The largest absolute Gasteiger partial charge is 0.497 e. The molecule has 0 radical (unpaired) electrons. The van der Waals surface area contributed by atoms with Crippen LogP contribution in [0.3, 0.4) is 0 Å². The number of nitrogens with one attached hydrogen (secondary N) is 3. The molecule has 3 saturated carbocycles. The number of ether oxygens (including phenoxy) is 3. The van der Waals surface area contributed by atoms with E-state index in [1.54, 1.807) is 46.8 Å². The molecule has 4 fully saturated rings. The molecule has 324 valence electrons. The van der Waals surface area contributed by atoms with Crippen molar-refractivity contribution in [1.82, 2.24) is 30.2 Å². The predicted molar refractivity (Wildman–Crippen MR) is 211 cm³/mol. The fourth-order valence-electron chi connectivity index (χ4n) is 8.69. The highest BCUT2D eigenvalue weighted by Gasteiger charge is 2.64. The zero-order valence-electron chi connectivity index (χ0n) is 34.7. The zero-order valence-corrected chi connectivity index (χ0v) is 35.5. The highest BCUT2D eigenvalue weighted by atomic mass is 32.2. The highest BCUT2D eigenvalue weighted by Crippen LogP contribution is 2.49. The molecule has 1 saturated heterocycles. The maximum atomic E-state index is 16.4. The van der Waals surface area contributed by atoms with Gasteiger partial charge >= 0.3 is 6.09 Å². The number of alkyl halides is 2. The number of methoxy groups -OCH3 is 1. The van der Waals surface area contributed by atoms with Gasteiger partial charge in [-0.3, -0.25) is 19.1 Å². The van der Waals surface area contributed by atoms with Crippen LogP contribution in [0.1, 0.15) is 111 Å². The first kappa shape index (κ1) is 42.8. The SMILES string of the molecule is CC[C@@H]1[C@@H]2CN(C(=O)[C@H](C(C)(C)C)NC(=O)O[C@@H]3C[C@H]3CCCCC(F)(F)c3nc4ccc(OC)cc4nc3O2)[C@@H]1C(=O)N[C@]1(C(=O)NS(=O)(=O)C2(C)CC2)C[C@H]1CC. The molecule has 2 bridgehead atoms. The average Bonchev–Trinajstić information content (AvgIpc) is 4.13. The third kappa shape index (κ3) is 8.26. The fourth-order valence-corrected chi connectivity index (χ4v) is 10.0. The molecule has 0 spiro atoms. The van der Waals surface area contributed by atoms with Gasteiger partial charge in [0.1, 0.15) is 35.6 Å². The van der Waals surface area contributed by atoms with E-state index < -0.39 is 110 Å². The number of carbonyl (C=O) groups is 4. The number of sulfonamides is 1. The number of carbonyl (C=O) groups excluding carboxylic acids is 4. The van der Waals surface area contributed by atoms with Gasteiger partial charge in [0.2, 0.25) is 27.7 Å². The van der Waals surface area contributed by atoms with E-state index in [0.29, 0.717) is 44.3 Å². The lowest BCUT2D eigenvalue weighted by Crippen LogP contribution is -2.61. The van der Waals surface area contributed by atoms with Crippen LogP contribution in [0.2, 0.25) is 0 Å². The van der Waals surface area contributed by atoms with Gasteiger partial charge in [0.15, 0.2) is 5.69 Å². The van der Waals surface area contributed by atoms with E-state index in [1.807, 2.05) is 6.92 Å². The maximum Gasteiger partial charge on any atom is 0.408 e. The second kappa shape index (κ2) is 15.3. The van der Waals surface area contributed by atoms with E-state index >= 15 is 8.78 Å². The number of amides is 4. The Bertz CT molecular complexity index is 2130. The molecule has 2 aliphatic heterocycles. The standard InChI is InChI=1S/C41H56F2N6O9S/c1-8-23-20-40(23,36(52)48-59(54,55)39(6)16-17-39)47-33(50)30-25(9-2)29-21-49(30)35(51)32(38(3,4)5)46-37(53)58-28-18-22(28)12-10-11-15-41(42,43)31-34(57-29)45-27-19-24(56-7)13-14-26(27)44-31/h13-14,19,22-23,25,28-30,32H,8-12,15-18,20-21H2,1-7H3,(H,46,53)(H,47,50)(H,48,52)/t22-,23-,25-,28-,29+,30+,32-,40-/m1/s1. The lowest BCUT2D eigenvalue weighted by molar-refractivity contribution is -0.143. The lowest BCUT2D eigenvalue weighted by atomic mass is 9.85. The topological polar surface area (TPSA) is 195 Å². The highest BCUT2D eigenvalue weighted by molar-refractivity contribution is 7.91. The number of fused-ring (bicyclic) bond motifs is 5. The summed E-state index contributed by atoms with van der Waals surface area (Å²) in [6.07, 6.45) is 0.462. The Morgan fingerprint density at radius 2 is 1.76 bits per heavy atom. The van der Waals surface area contributed by atoms with Crippen molar-refractivity contribution in [3.05, 3.63) is 23.9 Å². The Morgan fingerprint density at radius 1 is 1.03 bits per heavy atom. The number of alkyl carbamates (subject to hydrolysis) is 1. The average molecular weight is 847 g/mol. The molecule has 2 aromatic rings. The molecule has 1 aromatic carbocycles. The summed E-state index contributed by atoms with van der Waals surface area (Å²) in [5.41, 5.74) is -2.73. The van der Waals surface area contributed by atoms with Crippen molar-refractivity contribution >= 4 is 44.9 Å². The maximum absolute atomic E-state index is 16.4. The minimum absolute atomic E-state index is 0.00915. The van der Waals surface area contributed by atoms with Crippen molar-refractivity contribution in [3.8, 4) is 11.6 Å². The molecule has 1 aromatic heterocycles. The Labute approximate surface area is 343 Å². The Morgan fingerprint density at radius 3 is 2.39 bits per heavy atom. The lowest BCUT2D eigenvalue weighted by Gasteiger charge is -2.36. The molecule has 15 nitrogen and oxygen atoms in total. The predicted octanol–water partition coefficient (Wildman–Crippen LogP) is 5.10. The van der Waals surface area contributed by atoms with Gasteiger partial charge in [-0.1, -0.05) is 47.5 Å². The van der Waals surface area contributed by atoms with Gasteiger partial charge in [0.25, 0.3) is 11.8 Å². The summed E-state index contributed by atoms with van der Waals surface area (Å²) in [5, 5.41) is 5.61. The van der Waals surface area contributed by atoms with Crippen LogP contribution in [-0.2, 0) is 35.1 Å². The minimum Gasteiger partial charge on any atom is -0.497 e. The molecule has 3 heterocycles. The van der Waals surface area contributed by atoms with Gasteiger partial charge in [-0.2, -0.15) is 8.78 Å². The van der Waals surface area contributed by atoms with Gasteiger partial charge in [0.05, 0.1) is 29.4 Å². The van der Waals surface area contributed by atoms with Gasteiger partial charge in [-0.05, 0) is 81.3 Å². The molecule has 5 aliphatic rings. The quantitative estimate of drug-likeness (QED) is 0.320. The molecular formula is C41H56F2N6O9S. The summed E-state index contributed by atoms with van der Waals surface area (Å²) in [6.45, 7) is 10.1. The summed E-state index contributed by atoms with van der Waals surface area (Å²) in [4.78, 5) is 67.1. The first-order valence-electron chi connectivity index (χ1n) is 20.7. The van der Waals surface area contributed by atoms with Crippen molar-refractivity contribution in [2.24, 2.45) is 23.2 Å². The molecule has 0 unspecified atom stereocenters. The monoisotopic (exact) mass is 846 g/mol. The van der Waals surface area contributed by atoms with Gasteiger partial charge in [0, 0.05) is 18.4 Å². The van der Waals surface area contributed by atoms with E-state index in [4.69, 9.17) is 14.2 Å². The summed E-state index contributed by atoms with van der Waals surface area (Å²) in [6, 6.07) is 2.12. The number of benzene rings is 1. The third-order valence-corrected chi connectivity index (χ3v) is 15.2. The summed E-state index contributed by atoms with van der Waals surface area (Å²) < 4.78 is 77.7. The number of hydrogen-bond acceptors (Lipinski definition) is 11. The van der Waals surface area contributed by atoms with Crippen LogP contribution in [-0.4, -0.2) is 95.3 Å². The Hall–Kier alpha value is -4.35. The second-order valence-electron chi connectivity index (χ2n) is 18.4. The molecule has 8 atom stereocenters. The van der Waals surface area contributed by atoms with E-state index in [2.05, 4.69) is 25.3 Å². The van der Waals surface area contributed by atoms with E-state index in [1.165, 1.54) is 18.1 Å². The molecule has 18 heteroatoms. The van der Waals surface area contributed by atoms with Crippen molar-refractivity contribution in [2.75, 3.05) is 13.7 Å². The van der Waals surface area contributed by atoms with Gasteiger partial charge in [-0.15, -0.1) is 0 Å². The molecule has 7 rings (SSSR count). The normalized spacial score (nSPS) is 31.5. The van der Waals surface area contributed by atoms with Gasteiger partial charge in [-0.25, -0.2) is 23.2 Å². The number of hydrogen-bond donors (Lipinski definition) is 3. The smallest absolute Gasteiger partial charge is 0.408 e. The van der Waals surface area contributed by atoms with Crippen molar-refractivity contribution in [2.45, 2.75) is 146 Å². The van der Waals surface area contributed by atoms with Crippen LogP contribution in [0, 0.1) is 23.2 Å². The molecule has 3 aliphatic carbocycles. The number of nitrogens with zero attached hydrogens (tertiary/aromatic N) is 3. The van der Waals surface area contributed by atoms with E-state index in [-0.39, 0.29) is 42.8 Å². The first-order valence-corrected chi connectivity index (χ1v) is 22.2. The summed E-state index contributed by atoms with van der Waals surface area (Å²) >= 11 is 0. The van der Waals surface area contributed by atoms with E-state index in [9.17, 15) is 27.6 Å². The fraction of sp³-hybridized carbons (Fsp3) is 0.707. The number of halogens is 2. The first-order chi connectivity index (χ1) is 27.7. The van der Waals surface area contributed by atoms with E-state index in [0.717, 1.165) is 0 Å². The number of rotatable bonds is 8. The molecular weight excluding hydrogens is 791 g/mol. The minimum atomic E-state index is -4.05. The van der Waals surface area contributed by atoms with Crippen LogP contribution in [0.15, 0.2) is 18.2 Å². The van der Waals surface area contributed by atoms with Crippen LogP contribution >= 0.6 is 0 Å². The Kier molecular flexibility index (Phi) is 11.1. The third-order valence-electron chi connectivity index (χ3n) is 13.1. The molecule has 4 amide bonds.